The Labute approximate surface area is 168 Å². The van der Waals surface area contributed by atoms with Crippen LogP contribution in [0, 0.1) is 0 Å². The Morgan fingerprint density at radius 1 is 0.821 bits per heavy atom. The largest absolute Gasteiger partial charge is 0.355 e. The van der Waals surface area contributed by atoms with E-state index in [1.807, 2.05) is 42.5 Å². The van der Waals surface area contributed by atoms with Gasteiger partial charge in [0.25, 0.3) is 0 Å². The first-order valence-corrected chi connectivity index (χ1v) is 9.81. The first-order chi connectivity index (χ1) is 13.7. The van der Waals surface area contributed by atoms with E-state index in [0.29, 0.717) is 13.0 Å². The molecule has 0 bridgehead atoms. The van der Waals surface area contributed by atoms with E-state index in [1.165, 1.54) is 16.7 Å². The predicted octanol–water partition coefficient (Wildman–Crippen LogP) is 4.46. The molecule has 0 saturated heterocycles. The van der Waals surface area contributed by atoms with Gasteiger partial charge in [-0.15, -0.1) is 0 Å². The Bertz CT molecular complexity index is 795. The zero-order valence-electron chi connectivity index (χ0n) is 16.4. The van der Waals surface area contributed by atoms with Gasteiger partial charge in [0.2, 0.25) is 5.91 Å². The van der Waals surface area contributed by atoms with Gasteiger partial charge in [-0.1, -0.05) is 91.0 Å². The third-order valence-electron chi connectivity index (χ3n) is 4.90. The number of rotatable bonds is 9. The van der Waals surface area contributed by atoms with E-state index in [1.54, 1.807) is 0 Å². The third-order valence-corrected chi connectivity index (χ3v) is 4.90. The monoisotopic (exact) mass is 372 g/mol. The standard InChI is InChI=1S/C25H28N2O/c1-27(20-21-11-5-2-6-12-21)18-17-26-25(28)19-24(22-13-7-3-8-14-22)23-15-9-4-10-16-23/h2-16,24H,17-20H2,1H3,(H,26,28). The zero-order chi connectivity index (χ0) is 19.6. The molecule has 0 unspecified atom stereocenters. The fourth-order valence-electron chi connectivity index (χ4n) is 3.42. The van der Waals surface area contributed by atoms with E-state index in [2.05, 4.69) is 65.8 Å². The SMILES string of the molecule is CN(CCNC(=O)CC(c1ccccc1)c1ccccc1)Cc1ccccc1. The van der Waals surface area contributed by atoms with E-state index >= 15 is 0 Å². The molecule has 3 rings (SSSR count). The number of hydrogen-bond donors (Lipinski definition) is 1. The second kappa shape index (κ2) is 10.4. The first kappa shape index (κ1) is 19.8. The Balaban J connectivity index is 1.53. The molecule has 144 valence electrons. The van der Waals surface area contributed by atoms with Crippen LogP contribution >= 0.6 is 0 Å². The molecule has 1 amide bonds. The van der Waals surface area contributed by atoms with Crippen LogP contribution in [0.1, 0.15) is 29.0 Å². The van der Waals surface area contributed by atoms with Gasteiger partial charge < -0.3 is 10.2 Å². The summed E-state index contributed by atoms with van der Waals surface area (Å²) in [6, 6.07) is 30.9. The lowest BCUT2D eigenvalue weighted by Crippen LogP contribution is -2.33. The van der Waals surface area contributed by atoms with Gasteiger partial charge in [0.05, 0.1) is 0 Å². The van der Waals surface area contributed by atoms with Crippen molar-refractivity contribution in [2.24, 2.45) is 0 Å². The summed E-state index contributed by atoms with van der Waals surface area (Å²) in [6.07, 6.45) is 0.455. The highest BCUT2D eigenvalue weighted by molar-refractivity contribution is 5.77. The van der Waals surface area contributed by atoms with Crippen molar-refractivity contribution < 1.29 is 4.79 Å². The van der Waals surface area contributed by atoms with Crippen molar-refractivity contribution in [1.29, 1.82) is 0 Å². The lowest BCUT2D eigenvalue weighted by molar-refractivity contribution is -0.121. The van der Waals surface area contributed by atoms with E-state index in [4.69, 9.17) is 0 Å². The van der Waals surface area contributed by atoms with Crippen molar-refractivity contribution >= 4 is 5.91 Å². The average Bonchev–Trinajstić information content (AvgIpc) is 2.74. The predicted molar refractivity (Wildman–Crippen MR) is 115 cm³/mol. The first-order valence-electron chi connectivity index (χ1n) is 9.81. The molecule has 3 heteroatoms. The molecule has 0 aliphatic rings. The summed E-state index contributed by atoms with van der Waals surface area (Å²) in [5.74, 6) is 0.162. The molecule has 3 aromatic rings. The van der Waals surface area contributed by atoms with Gasteiger partial charge in [-0.3, -0.25) is 4.79 Å². The highest BCUT2D eigenvalue weighted by Crippen LogP contribution is 2.27. The van der Waals surface area contributed by atoms with Crippen LogP contribution in [0.3, 0.4) is 0 Å². The number of carbonyl (C=O) groups excluding carboxylic acids is 1. The van der Waals surface area contributed by atoms with Crippen molar-refractivity contribution in [1.82, 2.24) is 10.2 Å². The fraction of sp³-hybridized carbons (Fsp3) is 0.240. The van der Waals surface area contributed by atoms with Crippen molar-refractivity contribution in [3.05, 3.63) is 108 Å². The molecule has 3 aromatic carbocycles. The van der Waals surface area contributed by atoms with Crippen LogP contribution < -0.4 is 5.32 Å². The number of amides is 1. The molecule has 0 aliphatic carbocycles. The molecular weight excluding hydrogens is 344 g/mol. The minimum absolute atomic E-state index is 0.0736. The molecule has 0 saturated carbocycles. The summed E-state index contributed by atoms with van der Waals surface area (Å²) < 4.78 is 0. The van der Waals surface area contributed by atoms with E-state index in [0.717, 1.165) is 13.1 Å². The number of hydrogen-bond acceptors (Lipinski definition) is 2. The van der Waals surface area contributed by atoms with Gasteiger partial charge in [-0.05, 0) is 23.7 Å². The summed E-state index contributed by atoms with van der Waals surface area (Å²) in [7, 11) is 2.08. The number of nitrogens with one attached hydrogen (secondary N) is 1. The van der Waals surface area contributed by atoms with Crippen molar-refractivity contribution in [2.45, 2.75) is 18.9 Å². The highest BCUT2D eigenvalue weighted by atomic mass is 16.1. The molecule has 3 nitrogen and oxygen atoms in total. The van der Waals surface area contributed by atoms with E-state index in [9.17, 15) is 4.79 Å². The van der Waals surface area contributed by atoms with Gasteiger partial charge in [-0.25, -0.2) is 0 Å². The quantitative estimate of drug-likeness (QED) is 0.602. The van der Waals surface area contributed by atoms with Crippen molar-refractivity contribution in [2.75, 3.05) is 20.1 Å². The molecule has 0 aliphatic heterocycles. The molecule has 1 N–H and O–H groups in total. The maximum absolute atomic E-state index is 12.6. The lowest BCUT2D eigenvalue weighted by Gasteiger charge is -2.19. The van der Waals surface area contributed by atoms with Gasteiger partial charge in [0, 0.05) is 32.0 Å². The van der Waals surface area contributed by atoms with Crippen molar-refractivity contribution in [3.63, 3.8) is 0 Å². The van der Waals surface area contributed by atoms with E-state index in [-0.39, 0.29) is 11.8 Å². The van der Waals surface area contributed by atoms with Gasteiger partial charge in [0.15, 0.2) is 0 Å². The van der Waals surface area contributed by atoms with Crippen LogP contribution in [0.5, 0.6) is 0 Å². The number of likely N-dealkylation sites (N-methyl/N-ethyl adjacent to an activating group) is 1. The number of carbonyl (C=O) groups is 1. The molecule has 0 fully saturated rings. The Hall–Kier alpha value is -2.91. The smallest absolute Gasteiger partial charge is 0.220 e. The summed E-state index contributed by atoms with van der Waals surface area (Å²) in [6.45, 7) is 2.35. The van der Waals surface area contributed by atoms with Crippen LogP contribution in [0.4, 0.5) is 0 Å². The van der Waals surface area contributed by atoms with E-state index < -0.39 is 0 Å². The minimum Gasteiger partial charge on any atom is -0.355 e. The Morgan fingerprint density at radius 3 is 1.86 bits per heavy atom. The van der Waals surface area contributed by atoms with Gasteiger partial charge in [-0.2, -0.15) is 0 Å². The van der Waals surface area contributed by atoms with Crippen LogP contribution in [-0.4, -0.2) is 30.9 Å². The maximum Gasteiger partial charge on any atom is 0.220 e. The topological polar surface area (TPSA) is 32.3 Å². The number of benzene rings is 3. The van der Waals surface area contributed by atoms with Crippen LogP contribution in [0.15, 0.2) is 91.0 Å². The molecule has 0 aromatic heterocycles. The normalized spacial score (nSPS) is 11.0. The zero-order valence-corrected chi connectivity index (χ0v) is 16.4. The second-order valence-corrected chi connectivity index (χ2v) is 7.15. The van der Waals surface area contributed by atoms with Gasteiger partial charge in [0.1, 0.15) is 0 Å². The summed E-state index contributed by atoms with van der Waals surface area (Å²) in [4.78, 5) is 14.8. The molecule has 28 heavy (non-hydrogen) atoms. The molecule has 0 atom stereocenters. The molecular formula is C25H28N2O. The van der Waals surface area contributed by atoms with Crippen LogP contribution in [0.25, 0.3) is 0 Å². The van der Waals surface area contributed by atoms with Crippen molar-refractivity contribution in [3.8, 4) is 0 Å². The highest BCUT2D eigenvalue weighted by Gasteiger charge is 2.17. The lowest BCUT2D eigenvalue weighted by atomic mass is 9.88. The minimum atomic E-state index is 0.0736. The Kier molecular flexibility index (Phi) is 7.39. The second-order valence-electron chi connectivity index (χ2n) is 7.15. The molecule has 0 heterocycles. The molecule has 0 radical (unpaired) electrons. The van der Waals surface area contributed by atoms with Crippen LogP contribution in [-0.2, 0) is 11.3 Å². The summed E-state index contributed by atoms with van der Waals surface area (Å²) >= 11 is 0. The summed E-state index contributed by atoms with van der Waals surface area (Å²) in [5, 5.41) is 3.09. The van der Waals surface area contributed by atoms with Gasteiger partial charge >= 0.3 is 0 Å². The van der Waals surface area contributed by atoms with Crippen LogP contribution in [0.2, 0.25) is 0 Å². The average molecular weight is 373 g/mol. The third kappa shape index (κ3) is 6.07. The fourth-order valence-corrected chi connectivity index (χ4v) is 3.42. The maximum atomic E-state index is 12.6. The molecule has 0 spiro atoms. The Morgan fingerprint density at radius 2 is 1.32 bits per heavy atom. The summed E-state index contributed by atoms with van der Waals surface area (Å²) in [5.41, 5.74) is 3.62. The number of nitrogens with zero attached hydrogens (tertiary/aromatic N) is 1.